The van der Waals surface area contributed by atoms with Crippen molar-refractivity contribution in [1.29, 1.82) is 0 Å². The molecule has 0 aliphatic rings. The van der Waals surface area contributed by atoms with Gasteiger partial charge in [-0.1, -0.05) is 10.9 Å². The van der Waals surface area contributed by atoms with Crippen molar-refractivity contribution in [2.75, 3.05) is 0 Å². The van der Waals surface area contributed by atoms with Crippen LogP contribution < -0.4 is 0 Å². The van der Waals surface area contributed by atoms with Gasteiger partial charge in [-0.2, -0.15) is 0 Å². The number of nitro groups is 2. The van der Waals surface area contributed by atoms with E-state index in [-0.39, 0.29) is 0 Å². The van der Waals surface area contributed by atoms with Crippen LogP contribution in [-0.4, -0.2) is 46.2 Å². The number of aromatic nitrogens is 6. The van der Waals surface area contributed by atoms with Crippen LogP contribution in [0.1, 0.15) is 16.4 Å². The molecule has 0 amide bonds. The molecule has 0 aliphatic heterocycles. The van der Waals surface area contributed by atoms with Crippen molar-refractivity contribution in [3.8, 4) is 0 Å². The lowest BCUT2D eigenvalue weighted by Crippen LogP contribution is -2.06. The highest BCUT2D eigenvalue weighted by Gasteiger charge is 2.13. The molecule has 15 heteroatoms. The van der Waals surface area contributed by atoms with Gasteiger partial charge in [0, 0.05) is 0 Å². The van der Waals surface area contributed by atoms with E-state index in [4.69, 9.17) is 0 Å². The van der Waals surface area contributed by atoms with Crippen molar-refractivity contribution in [3.05, 3.63) is 42.7 Å². The van der Waals surface area contributed by atoms with Gasteiger partial charge in [0.05, 0.1) is 0 Å². The highest BCUT2D eigenvalue weighted by molar-refractivity contribution is 6.03. The summed E-state index contributed by atoms with van der Waals surface area (Å²) in [4.78, 5) is 38.7. The van der Waals surface area contributed by atoms with Crippen molar-refractivity contribution in [2.24, 2.45) is 0 Å². The molecule has 0 saturated heterocycles. The molecule has 0 bridgehead atoms. The lowest BCUT2D eigenvalue weighted by Gasteiger charge is -1.96. The van der Waals surface area contributed by atoms with Gasteiger partial charge in [0.15, 0.2) is 0 Å². The number of carbonyl (C=O) groups excluding carboxylic acids is 1. The van der Waals surface area contributed by atoms with Crippen molar-refractivity contribution in [1.82, 2.24) is 30.4 Å². The largest absolute Gasteiger partial charge is 0.336 e. The Morgan fingerprint density at radius 1 is 0.950 bits per heavy atom. The van der Waals surface area contributed by atoms with E-state index in [0.29, 0.717) is 0 Å². The summed E-state index contributed by atoms with van der Waals surface area (Å²) < 4.78 is 0. The summed E-state index contributed by atoms with van der Waals surface area (Å²) in [5, 5.41) is 28.9. The smallest absolute Gasteiger partial charge is 0.236 e. The van der Waals surface area contributed by atoms with E-state index in [1.165, 1.54) is 0 Å². The number of ketones is 1. The summed E-state index contributed by atoms with van der Waals surface area (Å²) in [5.41, 5.74) is 5.57. The number of H-pyrrole nitrogens is 2. The fourth-order valence-corrected chi connectivity index (χ4v) is 1.05. The number of rotatable bonds is 6. The highest BCUT2D eigenvalue weighted by atomic mass is 16.7. The van der Waals surface area contributed by atoms with E-state index in [1.54, 1.807) is 0 Å². The fourth-order valence-electron chi connectivity index (χ4n) is 1.05. The summed E-state index contributed by atoms with van der Waals surface area (Å²) in [5.74, 6) is -2.89. The summed E-state index contributed by atoms with van der Waals surface area (Å²) in [6.45, 7) is 0. The Kier molecular flexibility index (Phi) is 3.15. The summed E-state index contributed by atoms with van der Waals surface area (Å²) in [6.07, 6.45) is 0. The van der Waals surface area contributed by atoms with Crippen molar-refractivity contribution < 1.29 is 14.9 Å². The van der Waals surface area contributed by atoms with Crippen molar-refractivity contribution in [2.45, 2.75) is 0 Å². The lowest BCUT2D eigenvalue weighted by molar-refractivity contribution is -0.419. The molecule has 0 saturated carbocycles. The van der Waals surface area contributed by atoms with Gasteiger partial charge in [-0.15, -0.1) is 0 Å². The maximum Gasteiger partial charge on any atom is 0.236 e. The number of aromatic amines is 2. The van der Waals surface area contributed by atoms with Crippen LogP contribution in [0.4, 0.5) is 11.9 Å². The minimum absolute atomic E-state index is 0.489. The van der Waals surface area contributed by atoms with Crippen LogP contribution >= 0.6 is 0 Å². The molecule has 2 rings (SSSR count). The van der Waals surface area contributed by atoms with E-state index in [1.807, 2.05) is 10.2 Å². The molecule has 0 aromatic carbocycles. The van der Waals surface area contributed by atoms with Crippen LogP contribution in [-0.2, 0) is 0 Å². The second kappa shape index (κ2) is 4.92. The maximum atomic E-state index is 11.7. The zero-order valence-corrected chi connectivity index (χ0v) is 9.12. The number of hydrogen-bond donors (Lipinski definition) is 2. The third-order valence-corrected chi connectivity index (χ3v) is 1.71. The molecule has 2 N–H and O–H groups in total. The predicted molar refractivity (Wildman–Crippen MR) is 56.2 cm³/mol. The van der Waals surface area contributed by atoms with Crippen LogP contribution in [0.15, 0.2) is 0 Å². The first-order valence-corrected chi connectivity index (χ1v) is 4.57. The Bertz CT molecular complexity index is 617. The second-order valence-electron chi connectivity index (χ2n) is 2.97. The van der Waals surface area contributed by atoms with E-state index in [9.17, 15) is 25.0 Å². The van der Waals surface area contributed by atoms with Crippen molar-refractivity contribution >= 4 is 17.7 Å². The SMILES string of the molecule is O=C(c1n[nH]c([N-][N+](=O)[O-])n1)c1n[nH]c([N-][N+](=O)[O-])n1. The van der Waals surface area contributed by atoms with Gasteiger partial charge >= 0.3 is 0 Å². The van der Waals surface area contributed by atoms with E-state index in [0.717, 1.165) is 0 Å². The van der Waals surface area contributed by atoms with Gasteiger partial charge in [-0.25, -0.2) is 30.4 Å². The molecule has 0 fully saturated rings. The maximum absolute atomic E-state index is 11.7. The topological polar surface area (TPSA) is 215 Å². The summed E-state index contributed by atoms with van der Waals surface area (Å²) in [7, 11) is 0. The number of hydrogen-bond acceptors (Lipinski definition) is 9. The van der Waals surface area contributed by atoms with Gasteiger partial charge in [0.1, 0.15) is 33.6 Å². The lowest BCUT2D eigenvalue weighted by atomic mass is 10.3. The molecular formula is C5H2N10O5-2. The average molecular weight is 282 g/mol. The van der Waals surface area contributed by atoms with Gasteiger partial charge in [0.2, 0.25) is 5.78 Å². The normalized spacial score (nSPS) is 10.0. The first kappa shape index (κ1) is 12.8. The molecule has 0 aliphatic carbocycles. The number of nitrogens with zero attached hydrogens (tertiary/aromatic N) is 8. The number of nitrogens with one attached hydrogen (secondary N) is 2. The molecular weight excluding hydrogens is 280 g/mol. The van der Waals surface area contributed by atoms with E-state index in [2.05, 4.69) is 31.0 Å². The van der Waals surface area contributed by atoms with Crippen LogP contribution in [0.5, 0.6) is 0 Å². The quantitative estimate of drug-likeness (QED) is 0.397. The molecule has 2 aromatic heterocycles. The van der Waals surface area contributed by atoms with Crippen LogP contribution in [0.25, 0.3) is 10.9 Å². The van der Waals surface area contributed by atoms with Gasteiger partial charge in [-0.3, -0.25) is 4.79 Å². The van der Waals surface area contributed by atoms with E-state index < -0.39 is 39.4 Å². The Morgan fingerprint density at radius 3 is 1.70 bits per heavy atom. The molecule has 2 heterocycles. The standard InChI is InChI=1S/C5H3N10O5/c16-1(2-6-4(10-8-2)12-14(17)18)3-7-5(11-9-3)13-15(19)20/h(H3-,6,7,8,9,10,11,12,13,16)/q-1/p-1. The minimum Gasteiger partial charge on any atom is -0.336 e. The Balaban J connectivity index is 2.14. The third-order valence-electron chi connectivity index (χ3n) is 1.71. The Morgan fingerprint density at radius 2 is 1.35 bits per heavy atom. The fraction of sp³-hybridized carbons (Fsp3) is 0. The molecule has 2 aromatic rings. The monoisotopic (exact) mass is 282 g/mol. The summed E-state index contributed by atoms with van der Waals surface area (Å²) in [6, 6.07) is 0. The molecule has 0 radical (unpaired) electrons. The number of carbonyl (C=O) groups is 1. The molecule has 0 spiro atoms. The first-order valence-electron chi connectivity index (χ1n) is 4.57. The zero-order chi connectivity index (χ0) is 14.7. The Labute approximate surface area is 107 Å². The molecule has 20 heavy (non-hydrogen) atoms. The van der Waals surface area contributed by atoms with Gasteiger partial charge < -0.3 is 20.2 Å². The van der Waals surface area contributed by atoms with Crippen molar-refractivity contribution in [3.63, 3.8) is 0 Å². The first-order chi connectivity index (χ1) is 9.45. The Hall–Kier alpha value is -3.65. The van der Waals surface area contributed by atoms with Gasteiger partial charge in [0.25, 0.3) is 0 Å². The van der Waals surface area contributed by atoms with Gasteiger partial charge in [-0.05, 0) is 0 Å². The van der Waals surface area contributed by atoms with E-state index >= 15 is 0 Å². The molecule has 0 atom stereocenters. The minimum atomic E-state index is -1.03. The molecule has 104 valence electrons. The predicted octanol–water partition coefficient (Wildman–Crippen LogP) is -0.452. The molecule has 15 nitrogen and oxygen atoms in total. The second-order valence-corrected chi connectivity index (χ2v) is 2.97. The van der Waals surface area contributed by atoms with Crippen LogP contribution in [0.3, 0.4) is 0 Å². The highest BCUT2D eigenvalue weighted by Crippen LogP contribution is 2.14. The van der Waals surface area contributed by atoms with Crippen LogP contribution in [0, 0.1) is 20.2 Å². The summed E-state index contributed by atoms with van der Waals surface area (Å²) >= 11 is 0. The zero-order valence-electron chi connectivity index (χ0n) is 9.12. The van der Waals surface area contributed by atoms with Crippen LogP contribution in [0.2, 0.25) is 0 Å². The average Bonchev–Trinajstić information content (AvgIpc) is 2.96. The third kappa shape index (κ3) is 2.78. The molecule has 0 unspecified atom stereocenters.